The molecule has 1 aromatic heterocycles. The van der Waals surface area contributed by atoms with Gasteiger partial charge in [-0.3, -0.25) is 4.79 Å². The van der Waals surface area contributed by atoms with Gasteiger partial charge in [0, 0.05) is 26.2 Å². The lowest BCUT2D eigenvalue weighted by molar-refractivity contribution is -0.131. The summed E-state index contributed by atoms with van der Waals surface area (Å²) in [7, 11) is 0. The summed E-state index contributed by atoms with van der Waals surface area (Å²) in [5.74, 6) is 1.39. The summed E-state index contributed by atoms with van der Waals surface area (Å²) in [5, 5.41) is 14.1. The Hall–Kier alpha value is -1.50. The molecule has 16 heavy (non-hydrogen) atoms. The Morgan fingerprint density at radius 2 is 2.12 bits per heavy atom. The summed E-state index contributed by atoms with van der Waals surface area (Å²) in [6.07, 6.45) is 1.47. The predicted octanol–water partition coefficient (Wildman–Crippen LogP) is -1.65. The van der Waals surface area contributed by atoms with Crippen LogP contribution in [0.25, 0.3) is 0 Å². The molecule has 0 saturated carbocycles. The molecule has 0 aromatic carbocycles. The van der Waals surface area contributed by atoms with Crippen molar-refractivity contribution in [3.8, 4) is 0 Å². The van der Waals surface area contributed by atoms with Crippen LogP contribution in [0.4, 0.5) is 0 Å². The Kier molecular flexibility index (Phi) is 2.32. The van der Waals surface area contributed by atoms with Crippen LogP contribution in [0.3, 0.4) is 0 Å². The number of tetrazole rings is 1. The first-order valence-electron chi connectivity index (χ1n) is 5.52. The maximum absolute atomic E-state index is 11.9. The molecule has 1 N–H and O–H groups in total. The van der Waals surface area contributed by atoms with Crippen molar-refractivity contribution in [2.75, 3.05) is 26.2 Å². The minimum Gasteiger partial charge on any atom is -0.340 e. The Morgan fingerprint density at radius 3 is 2.75 bits per heavy atom. The van der Waals surface area contributed by atoms with Gasteiger partial charge in [0.15, 0.2) is 0 Å². The van der Waals surface area contributed by atoms with Crippen LogP contribution in [-0.2, 0) is 11.3 Å². The van der Waals surface area contributed by atoms with Crippen molar-refractivity contribution in [3.63, 3.8) is 0 Å². The number of likely N-dealkylation sites (tertiary alicyclic amines) is 1. The molecule has 7 heteroatoms. The first-order valence-corrected chi connectivity index (χ1v) is 5.52. The highest BCUT2D eigenvalue weighted by molar-refractivity contribution is 5.76. The van der Waals surface area contributed by atoms with E-state index in [0.29, 0.717) is 11.8 Å². The molecule has 0 aliphatic carbocycles. The number of hydrogen-bond donors (Lipinski definition) is 1. The molecule has 7 nitrogen and oxygen atoms in total. The van der Waals surface area contributed by atoms with Crippen molar-refractivity contribution >= 4 is 5.91 Å². The van der Waals surface area contributed by atoms with Gasteiger partial charge in [-0.1, -0.05) is 0 Å². The fraction of sp³-hybridized carbons (Fsp3) is 0.778. The standard InChI is InChI=1S/C9H14N6O/c16-9(5-15-6-11-12-13-15)14-3-7-1-10-2-8(7)4-14/h6-8,10H,1-5H2. The predicted molar refractivity (Wildman–Crippen MR) is 54.2 cm³/mol. The lowest BCUT2D eigenvalue weighted by Crippen LogP contribution is -2.34. The second-order valence-electron chi connectivity index (χ2n) is 4.48. The minimum absolute atomic E-state index is 0.113. The Bertz CT molecular complexity index is 365. The average Bonchev–Trinajstić information content (AvgIpc) is 2.91. The number of rotatable bonds is 2. The summed E-state index contributed by atoms with van der Waals surface area (Å²) < 4.78 is 1.47. The van der Waals surface area contributed by atoms with Crippen LogP contribution in [0, 0.1) is 11.8 Å². The number of carbonyl (C=O) groups is 1. The highest BCUT2D eigenvalue weighted by atomic mass is 16.2. The largest absolute Gasteiger partial charge is 0.340 e. The molecule has 2 atom stereocenters. The molecule has 0 radical (unpaired) electrons. The van der Waals surface area contributed by atoms with Gasteiger partial charge in [-0.25, -0.2) is 4.68 Å². The normalized spacial score (nSPS) is 28.4. The van der Waals surface area contributed by atoms with Gasteiger partial charge in [-0.2, -0.15) is 0 Å². The van der Waals surface area contributed by atoms with E-state index in [1.54, 1.807) is 0 Å². The van der Waals surface area contributed by atoms with Crippen LogP contribution < -0.4 is 5.32 Å². The Labute approximate surface area is 92.8 Å². The SMILES string of the molecule is O=C(Cn1cnnn1)N1CC2CNCC2C1. The van der Waals surface area contributed by atoms with E-state index in [1.165, 1.54) is 11.0 Å². The van der Waals surface area contributed by atoms with Crippen LogP contribution in [0.1, 0.15) is 0 Å². The van der Waals surface area contributed by atoms with Crippen LogP contribution in [0.5, 0.6) is 0 Å². The first kappa shape index (κ1) is 9.71. The monoisotopic (exact) mass is 222 g/mol. The number of aromatic nitrogens is 4. The maximum atomic E-state index is 11.9. The molecule has 2 saturated heterocycles. The molecule has 0 spiro atoms. The Morgan fingerprint density at radius 1 is 1.38 bits per heavy atom. The summed E-state index contributed by atoms with van der Waals surface area (Å²) in [4.78, 5) is 13.9. The zero-order valence-electron chi connectivity index (χ0n) is 8.91. The third-order valence-electron chi connectivity index (χ3n) is 3.43. The molecule has 2 unspecified atom stereocenters. The van der Waals surface area contributed by atoms with E-state index in [1.807, 2.05) is 4.90 Å². The third-order valence-corrected chi connectivity index (χ3v) is 3.43. The van der Waals surface area contributed by atoms with Crippen molar-refractivity contribution in [1.29, 1.82) is 0 Å². The van der Waals surface area contributed by atoms with Gasteiger partial charge < -0.3 is 10.2 Å². The average molecular weight is 222 g/mol. The van der Waals surface area contributed by atoms with E-state index in [9.17, 15) is 4.79 Å². The number of nitrogens with zero attached hydrogens (tertiary/aromatic N) is 5. The van der Waals surface area contributed by atoms with Gasteiger partial charge in [-0.15, -0.1) is 5.10 Å². The summed E-state index contributed by atoms with van der Waals surface area (Å²) in [5.41, 5.74) is 0. The third kappa shape index (κ3) is 1.67. The highest BCUT2D eigenvalue weighted by Gasteiger charge is 2.37. The quantitative estimate of drug-likeness (QED) is 0.649. The van der Waals surface area contributed by atoms with E-state index in [4.69, 9.17) is 0 Å². The van der Waals surface area contributed by atoms with Gasteiger partial charge in [-0.05, 0) is 22.3 Å². The van der Waals surface area contributed by atoms with Gasteiger partial charge in [0.2, 0.25) is 5.91 Å². The second kappa shape index (κ2) is 3.82. The van der Waals surface area contributed by atoms with E-state index in [2.05, 4.69) is 20.8 Å². The van der Waals surface area contributed by atoms with Gasteiger partial charge in [0.05, 0.1) is 0 Å². The van der Waals surface area contributed by atoms with Crippen molar-refractivity contribution < 1.29 is 4.79 Å². The van der Waals surface area contributed by atoms with Crippen LogP contribution >= 0.6 is 0 Å². The number of carbonyl (C=O) groups excluding carboxylic acids is 1. The topological polar surface area (TPSA) is 75.9 Å². The maximum Gasteiger partial charge on any atom is 0.244 e. The fourth-order valence-corrected chi connectivity index (χ4v) is 2.55. The molecule has 1 amide bonds. The smallest absolute Gasteiger partial charge is 0.244 e. The van der Waals surface area contributed by atoms with Crippen molar-refractivity contribution in [2.24, 2.45) is 11.8 Å². The molecule has 86 valence electrons. The summed E-state index contributed by atoms with van der Waals surface area (Å²) >= 11 is 0. The molecule has 3 rings (SSSR count). The van der Waals surface area contributed by atoms with Gasteiger partial charge in [0.25, 0.3) is 0 Å². The van der Waals surface area contributed by atoms with E-state index in [0.717, 1.165) is 26.2 Å². The summed E-state index contributed by atoms with van der Waals surface area (Å²) in [6.45, 7) is 4.08. The second-order valence-corrected chi connectivity index (χ2v) is 4.48. The van der Waals surface area contributed by atoms with Crippen LogP contribution in [-0.4, -0.2) is 57.2 Å². The molecule has 2 fully saturated rings. The number of fused-ring (bicyclic) bond motifs is 1. The molecule has 3 heterocycles. The fourth-order valence-electron chi connectivity index (χ4n) is 2.55. The lowest BCUT2D eigenvalue weighted by Gasteiger charge is -2.16. The Balaban J connectivity index is 1.60. The number of amides is 1. The molecular weight excluding hydrogens is 208 g/mol. The lowest BCUT2D eigenvalue weighted by atomic mass is 10.0. The van der Waals surface area contributed by atoms with Crippen molar-refractivity contribution in [2.45, 2.75) is 6.54 Å². The van der Waals surface area contributed by atoms with Gasteiger partial charge >= 0.3 is 0 Å². The zero-order chi connectivity index (χ0) is 11.0. The molecule has 0 bridgehead atoms. The van der Waals surface area contributed by atoms with E-state index >= 15 is 0 Å². The van der Waals surface area contributed by atoms with Crippen molar-refractivity contribution in [3.05, 3.63) is 6.33 Å². The molecular formula is C9H14N6O. The number of nitrogens with one attached hydrogen (secondary N) is 1. The molecule has 1 aromatic rings. The van der Waals surface area contributed by atoms with Crippen molar-refractivity contribution in [1.82, 2.24) is 30.4 Å². The van der Waals surface area contributed by atoms with E-state index in [-0.39, 0.29) is 12.5 Å². The molecule has 2 aliphatic rings. The molecule has 2 aliphatic heterocycles. The van der Waals surface area contributed by atoms with Gasteiger partial charge in [0.1, 0.15) is 12.9 Å². The summed E-state index contributed by atoms with van der Waals surface area (Å²) in [6, 6.07) is 0. The zero-order valence-corrected chi connectivity index (χ0v) is 8.91. The van der Waals surface area contributed by atoms with Crippen LogP contribution in [0.15, 0.2) is 6.33 Å². The minimum atomic E-state index is 0.113. The highest BCUT2D eigenvalue weighted by Crippen LogP contribution is 2.26. The first-order chi connectivity index (χ1) is 7.83. The number of hydrogen-bond acceptors (Lipinski definition) is 5. The van der Waals surface area contributed by atoms with E-state index < -0.39 is 0 Å². The van der Waals surface area contributed by atoms with Crippen LogP contribution in [0.2, 0.25) is 0 Å².